The van der Waals surface area contributed by atoms with Gasteiger partial charge in [0.2, 0.25) is 17.8 Å². The van der Waals surface area contributed by atoms with Crippen LogP contribution < -0.4 is 10.6 Å². The number of methoxy groups -OCH3 is 1. The van der Waals surface area contributed by atoms with Crippen LogP contribution in [0, 0.1) is 19.8 Å². The Morgan fingerprint density at radius 1 is 1.36 bits per heavy atom. The van der Waals surface area contributed by atoms with E-state index < -0.39 is 11.9 Å². The molecule has 2 aromatic rings. The monoisotopic (exact) mass is 341 g/mol. The van der Waals surface area contributed by atoms with Gasteiger partial charge in [-0.3, -0.25) is 25.2 Å². The molecule has 0 fully saturated rings. The number of aliphatic imine (C=N–C) groups is 1. The second-order valence-corrected chi connectivity index (χ2v) is 5.93. The van der Waals surface area contributed by atoms with Gasteiger partial charge < -0.3 is 4.74 Å². The lowest BCUT2D eigenvalue weighted by atomic mass is 10.0. The average Bonchev–Trinajstić information content (AvgIpc) is 2.58. The van der Waals surface area contributed by atoms with E-state index in [2.05, 4.69) is 30.3 Å². The number of amides is 1. The smallest absolute Gasteiger partial charge is 0.306 e. The van der Waals surface area contributed by atoms with Crippen molar-refractivity contribution in [2.75, 3.05) is 19.0 Å². The molecule has 1 aromatic heterocycles. The van der Waals surface area contributed by atoms with Crippen molar-refractivity contribution < 1.29 is 14.3 Å². The molecular formula is C17H19N5O3. The van der Waals surface area contributed by atoms with E-state index in [1.54, 1.807) is 0 Å². The first-order valence-electron chi connectivity index (χ1n) is 7.90. The Balaban J connectivity index is 1.77. The van der Waals surface area contributed by atoms with Crippen molar-refractivity contribution in [1.82, 2.24) is 15.3 Å². The molecule has 3 rings (SSSR count). The molecule has 0 unspecified atom stereocenters. The first kappa shape index (κ1) is 16.8. The highest BCUT2D eigenvalue weighted by atomic mass is 16.5. The van der Waals surface area contributed by atoms with E-state index in [4.69, 9.17) is 0 Å². The third kappa shape index (κ3) is 3.73. The van der Waals surface area contributed by atoms with Crippen LogP contribution in [0.15, 0.2) is 23.2 Å². The molecule has 0 aliphatic carbocycles. The fourth-order valence-corrected chi connectivity index (χ4v) is 2.61. The second-order valence-electron chi connectivity index (χ2n) is 5.93. The van der Waals surface area contributed by atoms with Gasteiger partial charge in [0.05, 0.1) is 37.2 Å². The van der Waals surface area contributed by atoms with E-state index in [-0.39, 0.29) is 24.8 Å². The highest BCUT2D eigenvalue weighted by Crippen LogP contribution is 2.19. The van der Waals surface area contributed by atoms with Crippen LogP contribution in [0.1, 0.15) is 17.7 Å². The molecule has 0 bridgehead atoms. The van der Waals surface area contributed by atoms with E-state index in [1.807, 2.05) is 32.0 Å². The zero-order valence-corrected chi connectivity index (χ0v) is 14.3. The number of fused-ring (bicyclic) bond motifs is 1. The molecule has 1 atom stereocenters. The van der Waals surface area contributed by atoms with Crippen LogP contribution in [-0.4, -0.2) is 41.5 Å². The zero-order chi connectivity index (χ0) is 18.0. The van der Waals surface area contributed by atoms with E-state index in [0.717, 1.165) is 22.2 Å². The summed E-state index contributed by atoms with van der Waals surface area (Å²) in [7, 11) is 1.29. The van der Waals surface area contributed by atoms with Gasteiger partial charge in [-0.25, -0.2) is 9.97 Å². The van der Waals surface area contributed by atoms with Crippen molar-refractivity contribution in [2.24, 2.45) is 10.9 Å². The number of nitrogens with zero attached hydrogens (tertiary/aromatic N) is 3. The standard InChI is InChI=1S/C17H19N5O3/c1-9-4-5-13-12(6-9)10(2)19-17(20-13)22-16-18-8-11(15(24)21-16)7-14(23)25-3/h4-6,11H,7-8H2,1-3H3,(H2,18,19,20,21,22,24)/t11-/m1/s1. The molecule has 0 saturated carbocycles. The van der Waals surface area contributed by atoms with Crippen molar-refractivity contribution in [3.63, 3.8) is 0 Å². The summed E-state index contributed by atoms with van der Waals surface area (Å²) in [5.74, 6) is -0.608. The van der Waals surface area contributed by atoms with Crippen LogP contribution in [0.5, 0.6) is 0 Å². The number of carbonyl (C=O) groups excluding carboxylic acids is 2. The SMILES string of the molecule is COC(=O)C[C@@H]1CN=C(Nc2nc(C)c3cc(C)ccc3n2)NC1=O. The van der Waals surface area contributed by atoms with Crippen molar-refractivity contribution in [3.8, 4) is 0 Å². The predicted octanol–water partition coefficient (Wildman–Crippen LogP) is 1.32. The lowest BCUT2D eigenvalue weighted by Gasteiger charge is -2.21. The van der Waals surface area contributed by atoms with E-state index in [0.29, 0.717) is 5.95 Å². The first-order valence-corrected chi connectivity index (χ1v) is 7.90. The molecule has 130 valence electrons. The Bertz CT molecular complexity index is 878. The normalized spacial score (nSPS) is 17.0. The topological polar surface area (TPSA) is 106 Å². The number of hydrogen-bond donors (Lipinski definition) is 2. The first-order chi connectivity index (χ1) is 12.0. The molecule has 1 aliphatic heterocycles. The molecule has 1 aromatic carbocycles. The fourth-order valence-electron chi connectivity index (χ4n) is 2.61. The number of aromatic nitrogens is 2. The molecule has 25 heavy (non-hydrogen) atoms. The maximum Gasteiger partial charge on any atom is 0.306 e. The Morgan fingerprint density at radius 3 is 2.88 bits per heavy atom. The molecule has 8 nitrogen and oxygen atoms in total. The number of carbonyl (C=O) groups is 2. The van der Waals surface area contributed by atoms with Gasteiger partial charge in [0.1, 0.15) is 0 Å². The highest BCUT2D eigenvalue weighted by Gasteiger charge is 2.27. The minimum Gasteiger partial charge on any atom is -0.469 e. The summed E-state index contributed by atoms with van der Waals surface area (Å²) in [4.78, 5) is 36.5. The van der Waals surface area contributed by atoms with Gasteiger partial charge in [0.25, 0.3) is 0 Å². The van der Waals surface area contributed by atoms with Crippen molar-refractivity contribution >= 4 is 34.7 Å². The summed E-state index contributed by atoms with van der Waals surface area (Å²) in [6.07, 6.45) is 0.00402. The number of hydrogen-bond acceptors (Lipinski definition) is 7. The Hall–Kier alpha value is -3.03. The zero-order valence-electron chi connectivity index (χ0n) is 14.3. The summed E-state index contributed by atoms with van der Waals surface area (Å²) in [5.41, 5.74) is 2.79. The van der Waals surface area contributed by atoms with E-state index in [9.17, 15) is 9.59 Å². The lowest BCUT2D eigenvalue weighted by molar-refractivity contribution is -0.143. The van der Waals surface area contributed by atoms with Crippen LogP contribution in [0.25, 0.3) is 10.9 Å². The Labute approximate surface area is 144 Å². The number of ether oxygens (including phenoxy) is 1. The van der Waals surface area contributed by atoms with Crippen LogP contribution in [0.3, 0.4) is 0 Å². The summed E-state index contributed by atoms with van der Waals surface area (Å²) >= 11 is 0. The largest absolute Gasteiger partial charge is 0.469 e. The number of anilines is 1. The number of esters is 1. The fraction of sp³-hybridized carbons (Fsp3) is 0.353. The Kier molecular flexibility index (Phi) is 4.60. The molecule has 1 aliphatic rings. The highest BCUT2D eigenvalue weighted by molar-refractivity contribution is 6.06. The van der Waals surface area contributed by atoms with Gasteiger partial charge in [-0.05, 0) is 26.0 Å². The average molecular weight is 341 g/mol. The maximum absolute atomic E-state index is 12.1. The minimum atomic E-state index is -0.528. The third-order valence-corrected chi connectivity index (χ3v) is 3.99. The molecule has 1 amide bonds. The molecular weight excluding hydrogens is 322 g/mol. The van der Waals surface area contributed by atoms with Gasteiger partial charge in [0.15, 0.2) is 0 Å². The van der Waals surface area contributed by atoms with Crippen molar-refractivity contribution in [1.29, 1.82) is 0 Å². The van der Waals surface area contributed by atoms with Crippen LogP contribution in [-0.2, 0) is 14.3 Å². The van der Waals surface area contributed by atoms with Crippen LogP contribution >= 0.6 is 0 Å². The van der Waals surface area contributed by atoms with Gasteiger partial charge >= 0.3 is 5.97 Å². The van der Waals surface area contributed by atoms with Crippen molar-refractivity contribution in [3.05, 3.63) is 29.5 Å². The molecule has 8 heteroatoms. The number of nitrogens with one attached hydrogen (secondary N) is 2. The van der Waals surface area contributed by atoms with Gasteiger partial charge in [0, 0.05) is 5.39 Å². The number of aryl methyl sites for hydroxylation is 2. The van der Waals surface area contributed by atoms with Crippen LogP contribution in [0.4, 0.5) is 5.95 Å². The van der Waals surface area contributed by atoms with Crippen LogP contribution in [0.2, 0.25) is 0 Å². The molecule has 0 spiro atoms. The summed E-state index contributed by atoms with van der Waals surface area (Å²) in [6.45, 7) is 4.12. The molecule has 2 N–H and O–H groups in total. The minimum absolute atomic E-state index is 0.00402. The maximum atomic E-state index is 12.1. The predicted molar refractivity (Wildman–Crippen MR) is 93.2 cm³/mol. The second kappa shape index (κ2) is 6.84. The summed E-state index contributed by atoms with van der Waals surface area (Å²) < 4.78 is 4.58. The van der Waals surface area contributed by atoms with E-state index in [1.165, 1.54) is 7.11 Å². The number of benzene rings is 1. The number of guanidine groups is 1. The van der Waals surface area contributed by atoms with E-state index >= 15 is 0 Å². The summed E-state index contributed by atoms with van der Waals surface area (Å²) in [5, 5.41) is 6.54. The molecule has 0 saturated heterocycles. The van der Waals surface area contributed by atoms with Gasteiger partial charge in [-0.15, -0.1) is 0 Å². The summed E-state index contributed by atoms with van der Waals surface area (Å²) in [6, 6.07) is 5.94. The Morgan fingerprint density at radius 2 is 2.16 bits per heavy atom. The lowest BCUT2D eigenvalue weighted by Crippen LogP contribution is -2.45. The third-order valence-electron chi connectivity index (χ3n) is 3.99. The van der Waals surface area contributed by atoms with Crippen molar-refractivity contribution in [2.45, 2.75) is 20.3 Å². The molecule has 0 radical (unpaired) electrons. The number of rotatable bonds is 3. The quantitative estimate of drug-likeness (QED) is 0.816. The molecule has 2 heterocycles. The van der Waals surface area contributed by atoms with Gasteiger partial charge in [-0.2, -0.15) is 0 Å². The van der Waals surface area contributed by atoms with Gasteiger partial charge in [-0.1, -0.05) is 11.6 Å².